The van der Waals surface area contributed by atoms with Crippen LogP contribution in [0.3, 0.4) is 0 Å². The molecule has 0 atom stereocenters. The van der Waals surface area contributed by atoms with Crippen LogP contribution in [0.1, 0.15) is 21.5 Å². The van der Waals surface area contributed by atoms with Crippen LogP contribution in [0.4, 0.5) is 5.95 Å². The van der Waals surface area contributed by atoms with Crippen molar-refractivity contribution in [3.63, 3.8) is 0 Å². The fourth-order valence-corrected chi connectivity index (χ4v) is 3.25. The number of anilines is 1. The molecule has 4 aromatic rings. The van der Waals surface area contributed by atoms with E-state index in [1.807, 2.05) is 86.6 Å². The first-order chi connectivity index (χ1) is 15.0. The maximum atomic E-state index is 12.8. The monoisotopic (exact) mass is 409 g/mol. The number of aromatic nitrogens is 2. The molecule has 31 heavy (non-hydrogen) atoms. The van der Waals surface area contributed by atoms with Crippen LogP contribution in [-0.2, 0) is 0 Å². The van der Waals surface area contributed by atoms with Gasteiger partial charge in [0.15, 0.2) is 0 Å². The van der Waals surface area contributed by atoms with Crippen molar-refractivity contribution in [2.75, 3.05) is 12.4 Å². The second kappa shape index (κ2) is 8.79. The van der Waals surface area contributed by atoms with Crippen LogP contribution in [0.15, 0.2) is 78.9 Å². The Labute approximate surface area is 181 Å². The summed E-state index contributed by atoms with van der Waals surface area (Å²) >= 11 is 0. The van der Waals surface area contributed by atoms with E-state index in [2.05, 4.69) is 15.3 Å². The molecular weight excluding hydrogens is 386 g/mol. The first-order valence-corrected chi connectivity index (χ1v) is 10.0. The largest absolute Gasteiger partial charge is 0.497 e. The highest BCUT2D eigenvalue weighted by molar-refractivity contribution is 6.03. The van der Waals surface area contributed by atoms with Gasteiger partial charge in [0.25, 0.3) is 5.91 Å². The summed E-state index contributed by atoms with van der Waals surface area (Å²) in [7, 11) is 1.63. The average Bonchev–Trinajstić information content (AvgIpc) is 2.79. The zero-order chi connectivity index (χ0) is 21.8. The van der Waals surface area contributed by atoms with E-state index >= 15 is 0 Å². The van der Waals surface area contributed by atoms with Gasteiger partial charge in [0.05, 0.1) is 18.5 Å². The zero-order valence-corrected chi connectivity index (χ0v) is 17.7. The van der Waals surface area contributed by atoms with E-state index in [1.54, 1.807) is 13.2 Å². The SMILES string of the molecule is COc1ccc(-c2cc(-c3ccc(C)cc3)nc(NC(=O)c3cccc(C)c3)n2)cc1. The second-order valence-electron chi connectivity index (χ2n) is 7.38. The summed E-state index contributed by atoms with van der Waals surface area (Å²) in [5, 5.41) is 2.85. The van der Waals surface area contributed by atoms with Crippen LogP contribution < -0.4 is 10.1 Å². The number of hydrogen-bond donors (Lipinski definition) is 1. The predicted octanol–water partition coefficient (Wildman–Crippen LogP) is 5.69. The van der Waals surface area contributed by atoms with Crippen molar-refractivity contribution in [2.24, 2.45) is 0 Å². The minimum absolute atomic E-state index is 0.245. The number of amides is 1. The molecule has 0 spiro atoms. The molecule has 0 bridgehead atoms. The van der Waals surface area contributed by atoms with Gasteiger partial charge in [-0.25, -0.2) is 9.97 Å². The molecule has 0 fully saturated rings. The number of nitrogens with zero attached hydrogens (tertiary/aromatic N) is 2. The van der Waals surface area contributed by atoms with Crippen LogP contribution in [0.2, 0.25) is 0 Å². The lowest BCUT2D eigenvalue weighted by Gasteiger charge is -2.11. The Morgan fingerprint density at radius 2 is 1.39 bits per heavy atom. The molecule has 4 rings (SSSR count). The van der Waals surface area contributed by atoms with Crippen LogP contribution in [-0.4, -0.2) is 23.0 Å². The Morgan fingerprint density at radius 1 is 0.774 bits per heavy atom. The Hall–Kier alpha value is -3.99. The smallest absolute Gasteiger partial charge is 0.258 e. The number of methoxy groups -OCH3 is 1. The molecule has 0 aliphatic heterocycles. The maximum Gasteiger partial charge on any atom is 0.258 e. The predicted molar refractivity (Wildman–Crippen MR) is 123 cm³/mol. The molecule has 0 aliphatic carbocycles. The number of rotatable bonds is 5. The van der Waals surface area contributed by atoms with Gasteiger partial charge in [0.1, 0.15) is 5.75 Å². The van der Waals surface area contributed by atoms with Crippen LogP contribution in [0, 0.1) is 13.8 Å². The van der Waals surface area contributed by atoms with Gasteiger partial charge >= 0.3 is 0 Å². The fourth-order valence-electron chi connectivity index (χ4n) is 3.25. The van der Waals surface area contributed by atoms with Gasteiger partial charge in [-0.15, -0.1) is 0 Å². The van der Waals surface area contributed by atoms with Crippen molar-refractivity contribution in [2.45, 2.75) is 13.8 Å². The van der Waals surface area contributed by atoms with Crippen molar-refractivity contribution >= 4 is 11.9 Å². The Morgan fingerprint density at radius 3 is 1.97 bits per heavy atom. The van der Waals surface area contributed by atoms with Gasteiger partial charge in [-0.05, 0) is 56.3 Å². The van der Waals surface area contributed by atoms with E-state index in [0.29, 0.717) is 11.3 Å². The number of ether oxygens (including phenoxy) is 1. The highest BCUT2D eigenvalue weighted by Crippen LogP contribution is 2.27. The molecule has 3 aromatic carbocycles. The normalized spacial score (nSPS) is 10.5. The van der Waals surface area contributed by atoms with Gasteiger partial charge in [-0.1, -0.05) is 47.5 Å². The molecule has 1 aromatic heterocycles. The molecule has 1 amide bonds. The third-order valence-electron chi connectivity index (χ3n) is 4.96. The topological polar surface area (TPSA) is 64.1 Å². The van der Waals surface area contributed by atoms with Crippen molar-refractivity contribution < 1.29 is 9.53 Å². The summed E-state index contributed by atoms with van der Waals surface area (Å²) in [6.45, 7) is 3.99. The third kappa shape index (κ3) is 4.78. The third-order valence-corrected chi connectivity index (χ3v) is 4.96. The van der Waals surface area contributed by atoms with Gasteiger partial charge in [0, 0.05) is 16.7 Å². The lowest BCUT2D eigenvalue weighted by Crippen LogP contribution is -2.15. The molecule has 5 heteroatoms. The van der Waals surface area contributed by atoms with E-state index in [1.165, 1.54) is 5.56 Å². The number of benzene rings is 3. The molecule has 0 aliphatic rings. The lowest BCUT2D eigenvalue weighted by molar-refractivity contribution is 0.102. The van der Waals surface area contributed by atoms with Crippen LogP contribution in [0.25, 0.3) is 22.5 Å². The highest BCUT2D eigenvalue weighted by atomic mass is 16.5. The number of carbonyl (C=O) groups is 1. The van der Waals surface area contributed by atoms with E-state index in [0.717, 1.165) is 28.1 Å². The van der Waals surface area contributed by atoms with E-state index in [-0.39, 0.29) is 11.9 Å². The molecule has 0 radical (unpaired) electrons. The van der Waals surface area contributed by atoms with Crippen molar-refractivity contribution in [3.8, 4) is 28.3 Å². The summed E-state index contributed by atoms with van der Waals surface area (Å²) in [4.78, 5) is 22.0. The molecule has 1 N–H and O–H groups in total. The summed E-state index contributed by atoms with van der Waals surface area (Å²) < 4.78 is 5.25. The van der Waals surface area contributed by atoms with Crippen molar-refractivity contribution in [3.05, 3.63) is 95.6 Å². The van der Waals surface area contributed by atoms with E-state index in [4.69, 9.17) is 4.74 Å². The highest BCUT2D eigenvalue weighted by Gasteiger charge is 2.13. The van der Waals surface area contributed by atoms with Crippen molar-refractivity contribution in [1.82, 2.24) is 9.97 Å². The second-order valence-corrected chi connectivity index (χ2v) is 7.38. The summed E-state index contributed by atoms with van der Waals surface area (Å²) in [6, 6.07) is 25.1. The first kappa shape index (κ1) is 20.3. The molecule has 154 valence electrons. The molecule has 0 saturated heterocycles. The van der Waals surface area contributed by atoms with E-state index < -0.39 is 0 Å². The Kier molecular flexibility index (Phi) is 5.76. The maximum absolute atomic E-state index is 12.8. The number of hydrogen-bond acceptors (Lipinski definition) is 4. The quantitative estimate of drug-likeness (QED) is 0.460. The number of nitrogens with one attached hydrogen (secondary N) is 1. The molecule has 0 unspecified atom stereocenters. The van der Waals surface area contributed by atoms with E-state index in [9.17, 15) is 4.79 Å². The lowest BCUT2D eigenvalue weighted by atomic mass is 10.1. The Balaban J connectivity index is 1.75. The first-order valence-electron chi connectivity index (χ1n) is 10.0. The summed E-state index contributed by atoms with van der Waals surface area (Å²) in [6.07, 6.45) is 0. The Bertz CT molecular complexity index is 1220. The molecule has 5 nitrogen and oxygen atoms in total. The summed E-state index contributed by atoms with van der Waals surface area (Å²) in [5.41, 5.74) is 6.06. The number of aryl methyl sites for hydroxylation is 2. The van der Waals surface area contributed by atoms with Crippen LogP contribution in [0.5, 0.6) is 5.75 Å². The zero-order valence-electron chi connectivity index (χ0n) is 17.7. The number of carbonyl (C=O) groups excluding carboxylic acids is 1. The van der Waals surface area contributed by atoms with Crippen LogP contribution >= 0.6 is 0 Å². The van der Waals surface area contributed by atoms with Gasteiger partial charge in [0.2, 0.25) is 5.95 Å². The molecule has 0 saturated carbocycles. The standard InChI is InChI=1S/C26H23N3O2/c1-17-7-9-19(10-8-17)23-16-24(20-11-13-22(31-3)14-12-20)28-26(27-23)29-25(30)21-6-4-5-18(2)15-21/h4-16H,1-3H3,(H,27,28,29,30). The molecular formula is C26H23N3O2. The van der Waals surface area contributed by atoms with Crippen molar-refractivity contribution in [1.29, 1.82) is 0 Å². The van der Waals surface area contributed by atoms with Gasteiger partial charge in [-0.2, -0.15) is 0 Å². The van der Waals surface area contributed by atoms with Gasteiger partial charge < -0.3 is 4.74 Å². The van der Waals surface area contributed by atoms with Gasteiger partial charge in [-0.3, -0.25) is 10.1 Å². The minimum Gasteiger partial charge on any atom is -0.497 e. The average molecular weight is 409 g/mol. The molecule has 1 heterocycles. The fraction of sp³-hybridized carbons (Fsp3) is 0.115. The summed E-state index contributed by atoms with van der Waals surface area (Å²) in [5.74, 6) is 0.783. The minimum atomic E-state index is -0.245.